The van der Waals surface area contributed by atoms with Gasteiger partial charge in [-0.25, -0.2) is 0 Å². The molecule has 11 heavy (non-hydrogen) atoms. The van der Waals surface area contributed by atoms with Crippen molar-refractivity contribution in [3.8, 4) is 0 Å². The van der Waals surface area contributed by atoms with E-state index in [1.807, 2.05) is 0 Å². The lowest BCUT2D eigenvalue weighted by atomic mass is 10.3. The van der Waals surface area contributed by atoms with Crippen molar-refractivity contribution in [3.63, 3.8) is 0 Å². The molecule has 0 spiro atoms. The van der Waals surface area contributed by atoms with Gasteiger partial charge in [-0.2, -0.15) is 0 Å². The molecule has 0 aliphatic carbocycles. The summed E-state index contributed by atoms with van der Waals surface area (Å²) in [7, 11) is 0. The Kier molecular flexibility index (Phi) is 6.92. The van der Waals surface area contributed by atoms with E-state index in [0.717, 1.165) is 0 Å². The minimum atomic E-state index is -1.01. The molecule has 0 aliphatic rings. The Labute approximate surface area is 70.4 Å². The largest absolute Gasteiger partial charge is 0.480 e. The van der Waals surface area contributed by atoms with Gasteiger partial charge in [0, 0.05) is 0 Å². The van der Waals surface area contributed by atoms with Crippen LogP contribution in [0.3, 0.4) is 0 Å². The number of primary amides is 1. The van der Waals surface area contributed by atoms with Crippen LogP contribution in [-0.4, -0.2) is 29.6 Å². The van der Waals surface area contributed by atoms with Crippen molar-refractivity contribution in [3.05, 3.63) is 0 Å². The third kappa shape index (κ3) is 7.08. The Morgan fingerprint density at radius 1 is 1.64 bits per heavy atom. The monoisotopic (exact) mass is 182 g/mol. The molecule has 0 aromatic heterocycles. The van der Waals surface area contributed by atoms with E-state index < -0.39 is 17.9 Å². The Bertz CT molecular complexity index is 151. The molecule has 6 heteroatoms. The van der Waals surface area contributed by atoms with E-state index in [1.54, 1.807) is 0 Å². The first-order chi connectivity index (χ1) is 4.54. The number of carboxylic acids is 1. The summed E-state index contributed by atoms with van der Waals surface area (Å²) in [6, 6.07) is -0.587. The van der Waals surface area contributed by atoms with Gasteiger partial charge in [-0.3, -0.25) is 14.9 Å². The van der Waals surface area contributed by atoms with Crippen molar-refractivity contribution in [1.82, 2.24) is 5.32 Å². The molecule has 0 radical (unpaired) electrons. The number of nitrogens with one attached hydrogen (secondary N) is 1. The summed E-state index contributed by atoms with van der Waals surface area (Å²) in [6.45, 7) is 1.26. The van der Waals surface area contributed by atoms with Crippen molar-refractivity contribution in [2.75, 3.05) is 6.54 Å². The number of hydrogen-bond donors (Lipinski definition) is 3. The maximum absolute atomic E-state index is 10.3. The number of aliphatic carboxylic acids is 1. The van der Waals surface area contributed by atoms with Gasteiger partial charge < -0.3 is 10.8 Å². The lowest BCUT2D eigenvalue weighted by molar-refractivity contribution is -0.136. The fourth-order valence-corrected chi connectivity index (χ4v) is 0.341. The minimum Gasteiger partial charge on any atom is -0.480 e. The molecule has 0 fully saturated rings. The summed E-state index contributed by atoms with van der Waals surface area (Å²) in [5, 5.41) is 10.5. The molecule has 0 aromatic carbocycles. The SMILES string of the molecule is CC(NCC(=O)O)C(N)=O.Cl. The van der Waals surface area contributed by atoms with Crippen LogP contribution >= 0.6 is 12.4 Å². The van der Waals surface area contributed by atoms with Crippen LogP contribution < -0.4 is 11.1 Å². The van der Waals surface area contributed by atoms with Gasteiger partial charge >= 0.3 is 5.97 Å². The second-order valence-electron chi connectivity index (χ2n) is 1.90. The molecule has 1 amide bonds. The summed E-state index contributed by atoms with van der Waals surface area (Å²) >= 11 is 0. The first-order valence-corrected chi connectivity index (χ1v) is 2.78. The number of carbonyl (C=O) groups excluding carboxylic acids is 1. The molecule has 0 aliphatic heterocycles. The van der Waals surface area contributed by atoms with Crippen LogP contribution in [0.2, 0.25) is 0 Å². The summed E-state index contributed by atoms with van der Waals surface area (Å²) in [6.07, 6.45) is 0. The number of halogens is 1. The topological polar surface area (TPSA) is 92.4 Å². The summed E-state index contributed by atoms with van der Waals surface area (Å²) < 4.78 is 0. The van der Waals surface area contributed by atoms with E-state index in [2.05, 4.69) is 5.32 Å². The van der Waals surface area contributed by atoms with Crippen molar-refractivity contribution in [2.24, 2.45) is 5.73 Å². The molecule has 1 atom stereocenters. The molecule has 0 saturated heterocycles. The van der Waals surface area contributed by atoms with E-state index in [0.29, 0.717) is 0 Å². The number of amides is 1. The van der Waals surface area contributed by atoms with Gasteiger partial charge in [-0.15, -0.1) is 12.4 Å². The minimum absolute atomic E-state index is 0. The number of carboxylic acid groups (broad SMARTS) is 1. The van der Waals surface area contributed by atoms with Gasteiger partial charge in [0.1, 0.15) is 0 Å². The lowest BCUT2D eigenvalue weighted by Crippen LogP contribution is -2.41. The van der Waals surface area contributed by atoms with E-state index in [4.69, 9.17) is 10.8 Å². The highest BCUT2D eigenvalue weighted by molar-refractivity contribution is 5.85. The number of rotatable bonds is 4. The normalized spacial score (nSPS) is 11.4. The maximum atomic E-state index is 10.3. The van der Waals surface area contributed by atoms with Crippen molar-refractivity contribution < 1.29 is 14.7 Å². The summed E-state index contributed by atoms with van der Waals surface area (Å²) in [5.41, 5.74) is 4.83. The van der Waals surface area contributed by atoms with Crippen LogP contribution in [0.1, 0.15) is 6.92 Å². The van der Waals surface area contributed by atoms with Gasteiger partial charge in [-0.1, -0.05) is 0 Å². The van der Waals surface area contributed by atoms with Crippen LogP contribution in [0.25, 0.3) is 0 Å². The smallest absolute Gasteiger partial charge is 0.317 e. The number of carbonyl (C=O) groups is 2. The van der Waals surface area contributed by atoms with Gasteiger partial charge in [0.05, 0.1) is 12.6 Å². The highest BCUT2D eigenvalue weighted by Gasteiger charge is 2.07. The molecule has 1 unspecified atom stereocenters. The van der Waals surface area contributed by atoms with Gasteiger partial charge in [0.2, 0.25) is 5.91 Å². The van der Waals surface area contributed by atoms with Crippen LogP contribution in [0.15, 0.2) is 0 Å². The van der Waals surface area contributed by atoms with Gasteiger partial charge in [-0.05, 0) is 6.92 Å². The highest BCUT2D eigenvalue weighted by atomic mass is 35.5. The Hall–Kier alpha value is -0.810. The molecular formula is C5H11ClN2O3. The zero-order valence-corrected chi connectivity index (χ0v) is 6.85. The second-order valence-corrected chi connectivity index (χ2v) is 1.90. The average molecular weight is 183 g/mol. The molecule has 4 N–H and O–H groups in total. The highest BCUT2D eigenvalue weighted by Crippen LogP contribution is 1.76. The first kappa shape index (κ1) is 12.8. The molecule has 0 rings (SSSR count). The standard InChI is InChI=1S/C5H10N2O3.ClH/c1-3(5(6)10)7-2-4(8)9;/h3,7H,2H2,1H3,(H2,6,10)(H,8,9);1H. The van der Waals surface area contributed by atoms with Crippen LogP contribution in [0.4, 0.5) is 0 Å². The van der Waals surface area contributed by atoms with Crippen LogP contribution in [-0.2, 0) is 9.59 Å². The zero-order valence-electron chi connectivity index (χ0n) is 6.03. The van der Waals surface area contributed by atoms with E-state index >= 15 is 0 Å². The molecular weight excluding hydrogens is 172 g/mol. The Balaban J connectivity index is 0. The van der Waals surface area contributed by atoms with Crippen LogP contribution in [0.5, 0.6) is 0 Å². The molecule has 0 bridgehead atoms. The summed E-state index contributed by atoms with van der Waals surface area (Å²) in [4.78, 5) is 20.2. The molecule has 0 aromatic rings. The fraction of sp³-hybridized carbons (Fsp3) is 0.600. The first-order valence-electron chi connectivity index (χ1n) is 2.78. The Morgan fingerprint density at radius 3 is 2.36 bits per heavy atom. The maximum Gasteiger partial charge on any atom is 0.317 e. The van der Waals surface area contributed by atoms with Gasteiger partial charge in [0.15, 0.2) is 0 Å². The van der Waals surface area contributed by atoms with Crippen LogP contribution in [0, 0.1) is 0 Å². The van der Waals surface area contributed by atoms with Crippen molar-refractivity contribution in [1.29, 1.82) is 0 Å². The fourth-order valence-electron chi connectivity index (χ4n) is 0.341. The van der Waals surface area contributed by atoms with E-state index in [-0.39, 0.29) is 19.0 Å². The Morgan fingerprint density at radius 2 is 2.09 bits per heavy atom. The van der Waals surface area contributed by atoms with Gasteiger partial charge in [0.25, 0.3) is 0 Å². The number of nitrogens with two attached hydrogens (primary N) is 1. The summed E-state index contributed by atoms with van der Waals surface area (Å²) in [5.74, 6) is -1.56. The third-order valence-electron chi connectivity index (χ3n) is 0.986. The molecule has 0 heterocycles. The third-order valence-corrected chi connectivity index (χ3v) is 0.986. The van der Waals surface area contributed by atoms with Crippen molar-refractivity contribution >= 4 is 24.3 Å². The predicted octanol–water partition coefficient (Wildman–Crippen LogP) is -1.04. The average Bonchev–Trinajstić information content (AvgIpc) is 1.82. The quantitative estimate of drug-likeness (QED) is 0.518. The molecule has 5 nitrogen and oxygen atoms in total. The zero-order chi connectivity index (χ0) is 8.15. The van der Waals surface area contributed by atoms with E-state index in [1.165, 1.54) is 6.92 Å². The number of hydrogen-bond acceptors (Lipinski definition) is 3. The van der Waals surface area contributed by atoms with E-state index in [9.17, 15) is 9.59 Å². The lowest BCUT2D eigenvalue weighted by Gasteiger charge is -2.05. The predicted molar refractivity (Wildman–Crippen MR) is 41.5 cm³/mol. The second kappa shape index (κ2) is 5.94. The molecule has 0 saturated carbocycles. The van der Waals surface area contributed by atoms with Crippen molar-refractivity contribution in [2.45, 2.75) is 13.0 Å². The molecule has 66 valence electrons.